The van der Waals surface area contributed by atoms with Crippen LogP contribution in [0.4, 0.5) is 0 Å². The SMILES string of the molecule is C1=CCC(c2nc(-c3ccc(-c4cc(-c5cccc6ccccc56)nc(-c5cccc6ccccc56)n4)cc3)n3c(-c4ccccc4)c4ccccc4c3n2)C=C1. The maximum absolute atomic E-state index is 5.39. The molecule has 1 atom stereocenters. The van der Waals surface area contributed by atoms with Crippen molar-refractivity contribution in [1.29, 1.82) is 0 Å². The molecule has 0 amide bonds. The molecular formula is C52H35N5. The first-order chi connectivity index (χ1) is 28.3. The van der Waals surface area contributed by atoms with Gasteiger partial charge in [-0.1, -0.05) is 188 Å². The van der Waals surface area contributed by atoms with Crippen molar-refractivity contribution in [3.63, 3.8) is 0 Å². The molecule has 0 aliphatic heterocycles. The molecule has 268 valence electrons. The van der Waals surface area contributed by atoms with E-state index in [9.17, 15) is 0 Å². The van der Waals surface area contributed by atoms with Gasteiger partial charge < -0.3 is 0 Å². The quantitative estimate of drug-likeness (QED) is 0.171. The standard InChI is InChI=1S/C52H35N5/c1-3-17-37(18-4-1)48-43-25-11-12-26-45(43)52-56-49(38-19-5-2-6-20-38)55-51(57(48)52)39-31-29-36(30-32-39)46-33-47(42-27-13-21-34-15-7-9-23-40(34)42)54-50(53-46)44-28-14-22-35-16-8-10-24-41(35)44/h1-19,21-33,38H,20H2. The van der Waals surface area contributed by atoms with Crippen molar-refractivity contribution in [2.45, 2.75) is 12.3 Å². The molecule has 1 aliphatic carbocycles. The van der Waals surface area contributed by atoms with E-state index in [4.69, 9.17) is 19.9 Å². The van der Waals surface area contributed by atoms with Gasteiger partial charge >= 0.3 is 0 Å². The monoisotopic (exact) mass is 729 g/mol. The van der Waals surface area contributed by atoms with Crippen molar-refractivity contribution < 1.29 is 0 Å². The number of rotatable bonds is 6. The van der Waals surface area contributed by atoms with Crippen LogP contribution in [0.2, 0.25) is 0 Å². The highest BCUT2D eigenvalue weighted by Gasteiger charge is 2.23. The van der Waals surface area contributed by atoms with Crippen LogP contribution in [0.15, 0.2) is 194 Å². The average Bonchev–Trinajstić information content (AvgIpc) is 3.63. The molecule has 1 aliphatic rings. The summed E-state index contributed by atoms with van der Waals surface area (Å²) < 4.78 is 2.25. The Balaban J connectivity index is 1.11. The first kappa shape index (κ1) is 32.9. The molecule has 5 nitrogen and oxygen atoms in total. The normalized spacial score (nSPS) is 13.9. The zero-order valence-electron chi connectivity index (χ0n) is 31.0. The van der Waals surface area contributed by atoms with Crippen LogP contribution in [0.3, 0.4) is 0 Å². The summed E-state index contributed by atoms with van der Waals surface area (Å²) in [7, 11) is 0. The first-order valence-electron chi connectivity index (χ1n) is 19.4. The molecule has 0 saturated carbocycles. The summed E-state index contributed by atoms with van der Waals surface area (Å²) in [6.45, 7) is 0. The van der Waals surface area contributed by atoms with Gasteiger partial charge in [0.05, 0.1) is 17.1 Å². The molecule has 0 bridgehead atoms. The van der Waals surface area contributed by atoms with E-state index in [1.54, 1.807) is 0 Å². The minimum absolute atomic E-state index is 0.0906. The van der Waals surface area contributed by atoms with Crippen molar-refractivity contribution in [2.24, 2.45) is 0 Å². The fraction of sp³-hybridized carbons (Fsp3) is 0.0385. The summed E-state index contributed by atoms with van der Waals surface area (Å²) in [5.41, 5.74) is 8.92. The van der Waals surface area contributed by atoms with Crippen LogP contribution in [-0.2, 0) is 0 Å². The van der Waals surface area contributed by atoms with E-state index >= 15 is 0 Å². The van der Waals surface area contributed by atoms with Crippen molar-refractivity contribution in [3.8, 4) is 56.5 Å². The number of hydrogen-bond donors (Lipinski definition) is 0. The fourth-order valence-corrected chi connectivity index (χ4v) is 8.36. The predicted molar refractivity (Wildman–Crippen MR) is 234 cm³/mol. The van der Waals surface area contributed by atoms with Crippen molar-refractivity contribution in [3.05, 3.63) is 200 Å². The lowest BCUT2D eigenvalue weighted by molar-refractivity contribution is 0.767. The van der Waals surface area contributed by atoms with Gasteiger partial charge in [-0.05, 0) is 39.6 Å². The van der Waals surface area contributed by atoms with Crippen molar-refractivity contribution >= 4 is 38.0 Å². The van der Waals surface area contributed by atoms with Gasteiger partial charge in [-0.2, -0.15) is 0 Å². The average molecular weight is 730 g/mol. The van der Waals surface area contributed by atoms with E-state index < -0.39 is 0 Å². The third-order valence-electron chi connectivity index (χ3n) is 11.1. The molecule has 0 fully saturated rings. The van der Waals surface area contributed by atoms with Crippen LogP contribution >= 0.6 is 0 Å². The number of fused-ring (bicyclic) bond motifs is 5. The number of aromatic nitrogens is 5. The van der Waals surface area contributed by atoms with Crippen LogP contribution in [0.1, 0.15) is 18.2 Å². The minimum Gasteiger partial charge on any atom is -0.277 e. The molecule has 0 radical (unpaired) electrons. The molecular weight excluding hydrogens is 695 g/mol. The summed E-state index contributed by atoms with van der Waals surface area (Å²) in [4.78, 5) is 21.2. The number of nitrogens with zero attached hydrogens (tertiary/aromatic N) is 5. The second kappa shape index (κ2) is 13.7. The van der Waals surface area contributed by atoms with Crippen LogP contribution in [0, 0.1) is 0 Å². The van der Waals surface area contributed by atoms with Crippen LogP contribution < -0.4 is 0 Å². The molecule has 3 heterocycles. The Hall–Kier alpha value is -7.50. The van der Waals surface area contributed by atoms with Crippen molar-refractivity contribution in [2.75, 3.05) is 0 Å². The number of allylic oxidation sites excluding steroid dienone is 4. The second-order valence-corrected chi connectivity index (χ2v) is 14.6. The van der Waals surface area contributed by atoms with Gasteiger partial charge in [0.25, 0.3) is 0 Å². The molecule has 11 rings (SSSR count). The zero-order valence-corrected chi connectivity index (χ0v) is 31.0. The maximum Gasteiger partial charge on any atom is 0.161 e. The van der Waals surface area contributed by atoms with E-state index in [1.165, 1.54) is 5.39 Å². The summed E-state index contributed by atoms with van der Waals surface area (Å²) >= 11 is 0. The van der Waals surface area contributed by atoms with Gasteiger partial charge in [0, 0.05) is 38.9 Å². The van der Waals surface area contributed by atoms with Gasteiger partial charge in [-0.3, -0.25) is 4.40 Å². The van der Waals surface area contributed by atoms with E-state index in [-0.39, 0.29) is 5.92 Å². The largest absolute Gasteiger partial charge is 0.277 e. The van der Waals surface area contributed by atoms with Crippen LogP contribution in [0.5, 0.6) is 0 Å². The lowest BCUT2D eigenvalue weighted by atomic mass is 9.99. The lowest BCUT2D eigenvalue weighted by Gasteiger charge is -2.16. The fourth-order valence-electron chi connectivity index (χ4n) is 8.36. The van der Waals surface area contributed by atoms with Gasteiger partial charge in [0.1, 0.15) is 17.3 Å². The first-order valence-corrected chi connectivity index (χ1v) is 19.4. The molecule has 57 heavy (non-hydrogen) atoms. The Kier molecular flexibility index (Phi) is 7.88. The summed E-state index contributed by atoms with van der Waals surface area (Å²) in [6, 6.07) is 59.6. The molecule has 5 heteroatoms. The molecule has 0 spiro atoms. The lowest BCUT2D eigenvalue weighted by Crippen LogP contribution is -2.09. The Morgan fingerprint density at radius 3 is 1.81 bits per heavy atom. The molecule has 0 saturated heterocycles. The summed E-state index contributed by atoms with van der Waals surface area (Å²) in [5, 5.41) is 6.86. The third-order valence-corrected chi connectivity index (χ3v) is 11.1. The van der Waals surface area contributed by atoms with E-state index in [1.807, 2.05) is 0 Å². The van der Waals surface area contributed by atoms with Crippen LogP contribution in [-0.4, -0.2) is 24.3 Å². The zero-order chi connectivity index (χ0) is 37.7. The highest BCUT2D eigenvalue weighted by Crippen LogP contribution is 2.39. The van der Waals surface area contributed by atoms with Gasteiger partial charge in [0.2, 0.25) is 0 Å². The van der Waals surface area contributed by atoms with Gasteiger partial charge in [0.15, 0.2) is 5.82 Å². The van der Waals surface area contributed by atoms with Crippen LogP contribution in [0.25, 0.3) is 94.5 Å². The number of benzene rings is 7. The maximum atomic E-state index is 5.39. The highest BCUT2D eigenvalue weighted by molar-refractivity contribution is 6.06. The molecule has 7 aromatic carbocycles. The Morgan fingerprint density at radius 2 is 1.07 bits per heavy atom. The van der Waals surface area contributed by atoms with E-state index in [2.05, 4.69) is 199 Å². The minimum atomic E-state index is 0.0906. The Bertz CT molecular complexity index is 3100. The highest BCUT2D eigenvalue weighted by atomic mass is 15.1. The molecule has 3 aromatic heterocycles. The predicted octanol–water partition coefficient (Wildman–Crippen LogP) is 12.9. The van der Waals surface area contributed by atoms with E-state index in [0.29, 0.717) is 5.82 Å². The molecule has 10 aromatic rings. The smallest absolute Gasteiger partial charge is 0.161 e. The Labute approximate surface area is 330 Å². The second-order valence-electron chi connectivity index (χ2n) is 14.6. The van der Waals surface area contributed by atoms with Gasteiger partial charge in [-0.25, -0.2) is 19.9 Å². The van der Waals surface area contributed by atoms with Gasteiger partial charge in [-0.15, -0.1) is 0 Å². The molecule has 0 N–H and O–H groups in total. The van der Waals surface area contributed by atoms with Crippen molar-refractivity contribution in [1.82, 2.24) is 24.3 Å². The number of hydrogen-bond acceptors (Lipinski definition) is 4. The summed E-state index contributed by atoms with van der Waals surface area (Å²) in [5.74, 6) is 2.46. The van der Waals surface area contributed by atoms with E-state index in [0.717, 1.165) is 95.5 Å². The molecule has 1 unspecified atom stereocenters. The summed E-state index contributed by atoms with van der Waals surface area (Å²) in [6.07, 6.45) is 9.46. The Morgan fingerprint density at radius 1 is 0.456 bits per heavy atom. The topological polar surface area (TPSA) is 56.0 Å². The third kappa shape index (κ3) is 5.71.